The first-order valence-electron chi connectivity index (χ1n) is 19.9. The summed E-state index contributed by atoms with van der Waals surface area (Å²) in [6.45, 7) is 6.68. The van der Waals surface area contributed by atoms with Crippen molar-refractivity contribution >= 4 is 39.9 Å². The number of nitrogens with one attached hydrogen (secondary N) is 2. The van der Waals surface area contributed by atoms with E-state index in [1.165, 1.54) is 62.8 Å². The molecule has 59 heavy (non-hydrogen) atoms. The van der Waals surface area contributed by atoms with Crippen molar-refractivity contribution in [3.8, 4) is 16.9 Å². The molecule has 6 fully saturated rings. The van der Waals surface area contributed by atoms with E-state index in [2.05, 4.69) is 15.7 Å². The van der Waals surface area contributed by atoms with E-state index in [4.69, 9.17) is 9.88 Å². The van der Waals surface area contributed by atoms with Crippen molar-refractivity contribution < 1.29 is 35.9 Å². The summed E-state index contributed by atoms with van der Waals surface area (Å²) in [4.78, 5) is 28.1. The maximum absolute atomic E-state index is 13.2. The van der Waals surface area contributed by atoms with Crippen LogP contribution in [0.1, 0.15) is 72.1 Å². The number of alkyl halides is 3. The van der Waals surface area contributed by atoms with Gasteiger partial charge in [0.15, 0.2) is 5.69 Å². The first-order chi connectivity index (χ1) is 27.5. The normalized spacial score (nSPS) is 25.7. The number of halogens is 4. The lowest BCUT2D eigenvalue weighted by Crippen LogP contribution is -2.59. The van der Waals surface area contributed by atoms with Crippen LogP contribution in [0.3, 0.4) is 0 Å². The van der Waals surface area contributed by atoms with Gasteiger partial charge in [-0.2, -0.15) is 18.3 Å². The minimum absolute atomic E-state index is 0. The number of anilines is 1. The largest absolute Gasteiger partial charge is 0.435 e. The van der Waals surface area contributed by atoms with E-state index in [0.29, 0.717) is 30.6 Å². The molecule has 0 spiro atoms. The number of aromatic nitrogens is 2. The van der Waals surface area contributed by atoms with Crippen LogP contribution >= 0.6 is 12.4 Å². The number of hydrogen-bond acceptors (Lipinski definition) is 7. The first kappa shape index (κ1) is 42.8. The number of carbonyl (C=O) groups excluding carboxylic acids is 2. The van der Waals surface area contributed by atoms with Gasteiger partial charge in [0, 0.05) is 49.4 Å². The second kappa shape index (κ2) is 16.6. The van der Waals surface area contributed by atoms with Gasteiger partial charge in [0.05, 0.1) is 28.5 Å². The van der Waals surface area contributed by atoms with E-state index in [1.807, 2.05) is 36.9 Å². The fraction of sp³-hybridized carbons (Fsp3) is 0.465. The lowest BCUT2D eigenvalue weighted by molar-refractivity contribution is -0.141. The topological polar surface area (TPSA) is 149 Å². The molecule has 3 aromatic carbocycles. The van der Waals surface area contributed by atoms with Crippen molar-refractivity contribution in [2.45, 2.75) is 82.1 Å². The summed E-state index contributed by atoms with van der Waals surface area (Å²) < 4.78 is 69.1. The average Bonchev–Trinajstić information content (AvgIpc) is 3.61. The van der Waals surface area contributed by atoms with Gasteiger partial charge in [-0.15, -0.1) is 12.4 Å². The van der Waals surface area contributed by atoms with Gasteiger partial charge in [-0.05, 0) is 124 Å². The lowest BCUT2D eigenvalue weighted by atomic mass is 9.49. The standard InChI is InChI=1S/C26H35N3O3.C17H14F3N3O2S.ClH/c1-16-2-3-20(25(31)29-14-21-12-27-13-22(15-29)32-21)7-23(16)28-24(30)11-26-8-17-4-18(9-26)6-19(5-17)10-26;1-11-2-4-12(5-3-11)15-10-16(17(18,19)20)22-23(15)13-6-8-14(9-7-13)26(21,24)25;/h2-3,7,17-19,21-22,27H,4-6,8-15H2,1H3,(H,28,30);2-10H,1H3,(H2,21,24,25);1H/t17?,18?,19?,21-,22+,26?;;. The molecule has 3 heterocycles. The van der Waals surface area contributed by atoms with Gasteiger partial charge < -0.3 is 20.3 Å². The molecule has 4 aliphatic carbocycles. The molecule has 4 saturated carbocycles. The maximum atomic E-state index is 13.2. The molecule has 2 atom stereocenters. The van der Waals surface area contributed by atoms with E-state index in [1.54, 1.807) is 24.3 Å². The van der Waals surface area contributed by atoms with Crippen LogP contribution in [-0.2, 0) is 25.7 Å². The van der Waals surface area contributed by atoms with Crippen LogP contribution in [0.25, 0.3) is 16.9 Å². The minimum Gasteiger partial charge on any atom is -0.369 e. The number of carbonyl (C=O) groups is 2. The molecular weight excluding hydrogens is 805 g/mol. The summed E-state index contributed by atoms with van der Waals surface area (Å²) in [5, 5.41) is 15.2. The number of rotatable bonds is 7. The molecule has 10 rings (SSSR count). The molecule has 11 nitrogen and oxygen atoms in total. The molecule has 4 aromatic rings. The number of primary sulfonamides is 1. The van der Waals surface area contributed by atoms with Crippen LogP contribution in [-0.4, -0.2) is 73.3 Å². The summed E-state index contributed by atoms with van der Waals surface area (Å²) >= 11 is 0. The van der Waals surface area contributed by atoms with Crippen LogP contribution < -0.4 is 15.8 Å². The van der Waals surface area contributed by atoms with Gasteiger partial charge in [0.2, 0.25) is 15.9 Å². The van der Waals surface area contributed by atoms with E-state index in [-0.39, 0.29) is 58.1 Å². The first-order valence-corrected chi connectivity index (χ1v) is 21.5. The SMILES string of the molecule is Cc1ccc(-c2cc(C(F)(F)F)nn2-c2ccc(S(N)(=O)=O)cc2)cc1.Cc1ccc(C(=O)N2C[C@H]3CNC[C@@H](C2)O3)cc1NC(=O)CC12CC3CC(CC(C3)C1)C2.Cl. The monoisotopic (exact) mass is 854 g/mol. The Morgan fingerprint density at radius 1 is 0.898 bits per heavy atom. The Labute approximate surface area is 348 Å². The van der Waals surface area contributed by atoms with Gasteiger partial charge in [0.25, 0.3) is 5.91 Å². The summed E-state index contributed by atoms with van der Waals surface area (Å²) in [5.41, 5.74) is 3.65. The highest BCUT2D eigenvalue weighted by molar-refractivity contribution is 7.89. The van der Waals surface area contributed by atoms with Crippen molar-refractivity contribution in [1.82, 2.24) is 20.0 Å². The van der Waals surface area contributed by atoms with Crippen LogP contribution in [0.5, 0.6) is 0 Å². The Morgan fingerprint density at radius 3 is 2.05 bits per heavy atom. The summed E-state index contributed by atoms with van der Waals surface area (Å²) in [6.07, 6.45) is 4.04. The lowest BCUT2D eigenvalue weighted by Gasteiger charge is -2.56. The predicted octanol–water partition coefficient (Wildman–Crippen LogP) is 7.29. The molecule has 316 valence electrons. The second-order valence-electron chi connectivity index (χ2n) is 17.2. The van der Waals surface area contributed by atoms with Crippen molar-refractivity contribution in [3.05, 3.63) is 95.2 Å². The third-order valence-corrected chi connectivity index (χ3v) is 13.4. The van der Waals surface area contributed by atoms with Crippen LogP contribution in [0.2, 0.25) is 0 Å². The van der Waals surface area contributed by atoms with Crippen molar-refractivity contribution in [2.75, 3.05) is 31.5 Å². The molecule has 4 N–H and O–H groups in total. The van der Waals surface area contributed by atoms with E-state index >= 15 is 0 Å². The highest BCUT2D eigenvalue weighted by atomic mass is 35.5. The van der Waals surface area contributed by atoms with Gasteiger partial charge in [-0.3, -0.25) is 9.59 Å². The molecule has 2 amide bonds. The number of sulfonamides is 1. The predicted molar refractivity (Wildman–Crippen MR) is 220 cm³/mol. The maximum Gasteiger partial charge on any atom is 0.435 e. The molecule has 6 aliphatic rings. The summed E-state index contributed by atoms with van der Waals surface area (Å²) in [7, 11) is -3.90. The van der Waals surface area contributed by atoms with Crippen LogP contribution in [0.4, 0.5) is 18.9 Å². The Morgan fingerprint density at radius 2 is 1.49 bits per heavy atom. The quantitative estimate of drug-likeness (QED) is 0.177. The number of ether oxygens (including phenoxy) is 1. The average molecular weight is 855 g/mol. The Bertz CT molecular complexity index is 2250. The number of hydrogen-bond donors (Lipinski definition) is 3. The third kappa shape index (κ3) is 9.54. The molecule has 0 unspecified atom stereocenters. The highest BCUT2D eigenvalue weighted by Gasteiger charge is 2.51. The van der Waals surface area contributed by atoms with Crippen LogP contribution in [0, 0.1) is 37.0 Å². The Balaban J connectivity index is 0.000000180. The minimum atomic E-state index is -4.61. The zero-order valence-electron chi connectivity index (χ0n) is 33.0. The number of fused-ring (bicyclic) bond motifs is 2. The number of morpholine rings is 2. The van der Waals surface area contributed by atoms with Crippen molar-refractivity contribution in [2.24, 2.45) is 28.3 Å². The van der Waals surface area contributed by atoms with E-state index in [0.717, 1.165) is 58.4 Å². The van der Waals surface area contributed by atoms with Crippen molar-refractivity contribution in [3.63, 3.8) is 0 Å². The molecule has 2 saturated heterocycles. The van der Waals surface area contributed by atoms with Gasteiger partial charge in [0.1, 0.15) is 0 Å². The van der Waals surface area contributed by atoms with Crippen molar-refractivity contribution in [1.29, 1.82) is 0 Å². The Hall–Kier alpha value is -4.28. The number of aryl methyl sites for hydroxylation is 2. The Kier molecular flexibility index (Phi) is 12.1. The molecular formula is C43H50ClF3N6O5S. The van der Waals surface area contributed by atoms with E-state index in [9.17, 15) is 31.2 Å². The van der Waals surface area contributed by atoms with E-state index < -0.39 is 21.9 Å². The molecule has 0 radical (unpaired) electrons. The zero-order chi connectivity index (χ0) is 41.0. The molecule has 2 aliphatic heterocycles. The number of nitrogens with zero attached hydrogens (tertiary/aromatic N) is 3. The van der Waals surface area contributed by atoms with Crippen LogP contribution in [0.15, 0.2) is 77.7 Å². The molecule has 6 bridgehead atoms. The fourth-order valence-electron chi connectivity index (χ4n) is 10.3. The van der Waals surface area contributed by atoms with Gasteiger partial charge in [-0.25, -0.2) is 18.2 Å². The number of nitrogens with two attached hydrogens (primary N) is 1. The van der Waals surface area contributed by atoms with Gasteiger partial charge >= 0.3 is 6.18 Å². The highest BCUT2D eigenvalue weighted by Crippen LogP contribution is 2.61. The van der Waals surface area contributed by atoms with Gasteiger partial charge in [-0.1, -0.05) is 35.9 Å². The number of amides is 2. The third-order valence-electron chi connectivity index (χ3n) is 12.5. The summed E-state index contributed by atoms with van der Waals surface area (Å²) in [6, 6.07) is 18.8. The zero-order valence-corrected chi connectivity index (χ0v) is 34.6. The second-order valence-corrected chi connectivity index (χ2v) is 18.7. The number of benzene rings is 3. The smallest absolute Gasteiger partial charge is 0.369 e. The molecule has 16 heteroatoms. The fourth-order valence-corrected chi connectivity index (χ4v) is 10.8. The molecule has 1 aromatic heterocycles. The summed E-state index contributed by atoms with van der Waals surface area (Å²) in [5.74, 6) is 2.69.